The van der Waals surface area contributed by atoms with Gasteiger partial charge in [-0.05, 0) is 43.7 Å². The van der Waals surface area contributed by atoms with Gasteiger partial charge in [-0.15, -0.1) is 11.3 Å². The predicted molar refractivity (Wildman–Crippen MR) is 105 cm³/mol. The van der Waals surface area contributed by atoms with Gasteiger partial charge in [-0.2, -0.15) is 0 Å². The molecule has 25 heavy (non-hydrogen) atoms. The van der Waals surface area contributed by atoms with Crippen LogP contribution in [0.25, 0.3) is 10.2 Å². The number of hydrogen-bond acceptors (Lipinski definition) is 5. The summed E-state index contributed by atoms with van der Waals surface area (Å²) in [6.07, 6.45) is 0. The van der Waals surface area contributed by atoms with Crippen LogP contribution in [0.1, 0.15) is 10.4 Å². The molecule has 0 saturated heterocycles. The Hall–Kier alpha value is -1.83. The molecule has 0 aliphatic carbocycles. The number of thiophene rings is 1. The molecule has 1 aromatic carbocycles. The number of carbonyl (C=O) groups is 1. The van der Waals surface area contributed by atoms with Crippen LogP contribution < -0.4 is 10.9 Å². The molecule has 8 heteroatoms. The molecule has 1 amide bonds. The topological polar surface area (TPSA) is 64.0 Å². The van der Waals surface area contributed by atoms with E-state index in [1.54, 1.807) is 25.2 Å². The Bertz CT molecular complexity index is 1030. The summed E-state index contributed by atoms with van der Waals surface area (Å²) in [6, 6.07) is 7.15. The number of nitrogens with one attached hydrogen (secondary N) is 1. The normalized spacial score (nSPS) is 11.0. The third kappa shape index (κ3) is 3.89. The van der Waals surface area contributed by atoms with Crippen molar-refractivity contribution in [2.45, 2.75) is 19.0 Å². The fraction of sp³-hybridized carbons (Fsp3) is 0.235. The van der Waals surface area contributed by atoms with Crippen LogP contribution in [0.3, 0.4) is 0 Å². The number of halogens is 1. The third-order valence-electron chi connectivity index (χ3n) is 3.65. The number of thioether (sulfide) groups is 1. The monoisotopic (exact) mass is 393 g/mol. The van der Waals surface area contributed by atoms with Gasteiger partial charge in [-0.25, -0.2) is 4.98 Å². The van der Waals surface area contributed by atoms with Crippen LogP contribution in [0.5, 0.6) is 0 Å². The quantitative estimate of drug-likeness (QED) is 0.537. The second kappa shape index (κ2) is 7.19. The molecule has 0 atom stereocenters. The van der Waals surface area contributed by atoms with Crippen molar-refractivity contribution in [3.8, 4) is 0 Å². The van der Waals surface area contributed by atoms with E-state index in [0.29, 0.717) is 20.4 Å². The maximum Gasteiger partial charge on any atom is 0.262 e. The minimum absolute atomic E-state index is 0.0918. The summed E-state index contributed by atoms with van der Waals surface area (Å²) in [7, 11) is 1.67. The SMILES string of the molecule is Cc1cc2c(=O)n(C)c(SCC(=O)Nc3ccc(Cl)cc3C)nc2s1. The van der Waals surface area contributed by atoms with E-state index in [2.05, 4.69) is 10.3 Å². The summed E-state index contributed by atoms with van der Waals surface area (Å²) in [5.41, 5.74) is 1.53. The van der Waals surface area contributed by atoms with Gasteiger partial charge in [0.2, 0.25) is 5.91 Å². The fourth-order valence-electron chi connectivity index (χ4n) is 2.38. The number of nitrogens with zero attached hydrogens (tertiary/aromatic N) is 2. The first-order valence-corrected chi connectivity index (χ1v) is 9.69. The average Bonchev–Trinajstić information content (AvgIpc) is 2.93. The van der Waals surface area contributed by atoms with E-state index >= 15 is 0 Å². The third-order valence-corrected chi connectivity index (χ3v) is 5.86. The van der Waals surface area contributed by atoms with Crippen LogP contribution in [0, 0.1) is 13.8 Å². The molecule has 130 valence electrons. The lowest BCUT2D eigenvalue weighted by Gasteiger charge is -2.09. The minimum atomic E-state index is -0.160. The van der Waals surface area contributed by atoms with Gasteiger partial charge in [0.1, 0.15) is 4.83 Å². The van der Waals surface area contributed by atoms with Gasteiger partial charge in [0.25, 0.3) is 5.56 Å². The fourth-order valence-corrected chi connectivity index (χ4v) is 4.30. The molecule has 5 nitrogen and oxygen atoms in total. The molecule has 2 aromatic heterocycles. The van der Waals surface area contributed by atoms with Crippen LogP contribution in [0.15, 0.2) is 34.2 Å². The molecule has 0 unspecified atom stereocenters. The molecule has 3 rings (SSSR count). The lowest BCUT2D eigenvalue weighted by atomic mass is 10.2. The van der Waals surface area contributed by atoms with Gasteiger partial charge in [0.05, 0.1) is 11.1 Å². The van der Waals surface area contributed by atoms with E-state index < -0.39 is 0 Å². The largest absolute Gasteiger partial charge is 0.325 e. The van der Waals surface area contributed by atoms with Gasteiger partial charge in [-0.3, -0.25) is 14.2 Å². The van der Waals surface area contributed by atoms with E-state index in [0.717, 1.165) is 16.1 Å². The van der Waals surface area contributed by atoms with Crippen molar-refractivity contribution < 1.29 is 4.79 Å². The van der Waals surface area contributed by atoms with E-state index in [4.69, 9.17) is 11.6 Å². The number of aryl methyl sites for hydroxylation is 2. The number of hydrogen-bond donors (Lipinski definition) is 1. The number of amides is 1. The van der Waals surface area contributed by atoms with Gasteiger partial charge in [0.15, 0.2) is 5.16 Å². The first-order valence-electron chi connectivity index (χ1n) is 7.51. The first kappa shape index (κ1) is 18.0. The molecule has 0 bridgehead atoms. The molecule has 3 aromatic rings. The zero-order chi connectivity index (χ0) is 18.1. The summed E-state index contributed by atoms with van der Waals surface area (Å²) in [5, 5.41) is 4.63. The van der Waals surface area contributed by atoms with Crippen molar-refractivity contribution in [1.29, 1.82) is 0 Å². The Labute approximate surface area is 158 Å². The lowest BCUT2D eigenvalue weighted by Crippen LogP contribution is -2.21. The van der Waals surface area contributed by atoms with Crippen molar-refractivity contribution in [3.63, 3.8) is 0 Å². The molecule has 0 radical (unpaired) electrons. The molecule has 1 N–H and O–H groups in total. The Kier molecular flexibility index (Phi) is 5.17. The Morgan fingerprint density at radius 3 is 2.84 bits per heavy atom. The number of benzene rings is 1. The standard InChI is InChI=1S/C17H16ClN3O2S2/c1-9-6-11(18)4-5-13(9)19-14(22)8-24-17-20-15-12(7-10(2)25-15)16(23)21(17)3/h4-7H,8H2,1-3H3,(H,19,22). The van der Waals surface area contributed by atoms with E-state index in [9.17, 15) is 9.59 Å². The summed E-state index contributed by atoms with van der Waals surface area (Å²) in [4.78, 5) is 30.8. The molecule has 0 fully saturated rings. The summed E-state index contributed by atoms with van der Waals surface area (Å²) in [6.45, 7) is 3.83. The molecule has 0 spiro atoms. The van der Waals surface area contributed by atoms with Crippen LogP contribution in [0.4, 0.5) is 5.69 Å². The van der Waals surface area contributed by atoms with Crippen molar-refractivity contribution in [1.82, 2.24) is 9.55 Å². The predicted octanol–water partition coefficient (Wildman–Crippen LogP) is 4.00. The van der Waals surface area contributed by atoms with Gasteiger partial charge in [0, 0.05) is 22.6 Å². The Morgan fingerprint density at radius 1 is 1.36 bits per heavy atom. The maximum absolute atomic E-state index is 12.4. The average molecular weight is 394 g/mol. The van der Waals surface area contributed by atoms with Gasteiger partial charge >= 0.3 is 0 Å². The second-order valence-electron chi connectivity index (χ2n) is 5.63. The van der Waals surface area contributed by atoms with Crippen LogP contribution in [0.2, 0.25) is 5.02 Å². The van der Waals surface area contributed by atoms with Crippen molar-refractivity contribution in [2.75, 3.05) is 11.1 Å². The van der Waals surface area contributed by atoms with E-state index in [1.807, 2.05) is 19.9 Å². The van der Waals surface area contributed by atoms with E-state index in [-0.39, 0.29) is 17.2 Å². The number of rotatable bonds is 4. The summed E-state index contributed by atoms with van der Waals surface area (Å²) in [5.74, 6) is 0.00483. The Morgan fingerprint density at radius 2 is 2.12 bits per heavy atom. The molecular formula is C17H16ClN3O2S2. The molecule has 0 aliphatic rings. The van der Waals surface area contributed by atoms with E-state index in [1.165, 1.54) is 27.7 Å². The lowest BCUT2D eigenvalue weighted by molar-refractivity contribution is -0.113. The van der Waals surface area contributed by atoms with Gasteiger partial charge < -0.3 is 5.32 Å². The van der Waals surface area contributed by atoms with Crippen molar-refractivity contribution in [3.05, 3.63) is 50.1 Å². The number of anilines is 1. The Balaban J connectivity index is 1.75. The number of carbonyl (C=O) groups excluding carboxylic acids is 1. The first-order chi connectivity index (χ1) is 11.8. The zero-order valence-electron chi connectivity index (χ0n) is 13.9. The van der Waals surface area contributed by atoms with Crippen molar-refractivity contribution >= 4 is 56.5 Å². The number of aromatic nitrogens is 2. The van der Waals surface area contributed by atoms with Crippen LogP contribution in [-0.2, 0) is 11.8 Å². The van der Waals surface area contributed by atoms with Crippen LogP contribution >= 0.6 is 34.7 Å². The highest BCUT2D eigenvalue weighted by atomic mass is 35.5. The summed E-state index contributed by atoms with van der Waals surface area (Å²) >= 11 is 8.64. The molecule has 0 saturated carbocycles. The van der Waals surface area contributed by atoms with Crippen LogP contribution in [-0.4, -0.2) is 21.2 Å². The number of fused-ring (bicyclic) bond motifs is 1. The highest BCUT2D eigenvalue weighted by Crippen LogP contribution is 2.24. The second-order valence-corrected chi connectivity index (χ2v) is 8.24. The van der Waals surface area contributed by atoms with Crippen molar-refractivity contribution in [2.24, 2.45) is 7.05 Å². The summed E-state index contributed by atoms with van der Waals surface area (Å²) < 4.78 is 1.49. The van der Waals surface area contributed by atoms with Gasteiger partial charge in [-0.1, -0.05) is 23.4 Å². The molecular weight excluding hydrogens is 378 g/mol. The molecule has 0 aliphatic heterocycles. The zero-order valence-corrected chi connectivity index (χ0v) is 16.3. The molecule has 2 heterocycles. The maximum atomic E-state index is 12.4. The highest BCUT2D eigenvalue weighted by Gasteiger charge is 2.13. The highest BCUT2D eigenvalue weighted by molar-refractivity contribution is 7.99. The minimum Gasteiger partial charge on any atom is -0.325 e. The smallest absolute Gasteiger partial charge is 0.262 e.